The fourth-order valence-corrected chi connectivity index (χ4v) is 4.28. The second-order valence-electron chi connectivity index (χ2n) is 7.44. The molecule has 2 bridgehead atoms. The van der Waals surface area contributed by atoms with Crippen LogP contribution >= 0.6 is 0 Å². The quantitative estimate of drug-likeness (QED) is 0.794. The Morgan fingerprint density at radius 2 is 2.19 bits per heavy atom. The van der Waals surface area contributed by atoms with Crippen LogP contribution in [0.25, 0.3) is 0 Å². The van der Waals surface area contributed by atoms with Gasteiger partial charge in [-0.1, -0.05) is 26.8 Å². The van der Waals surface area contributed by atoms with Gasteiger partial charge in [0.2, 0.25) is 0 Å². The molecular formula is C18H25NO2. The summed E-state index contributed by atoms with van der Waals surface area (Å²) in [5, 5.41) is 0. The molecule has 21 heavy (non-hydrogen) atoms. The summed E-state index contributed by atoms with van der Waals surface area (Å²) in [5.74, 6) is 1.53. The summed E-state index contributed by atoms with van der Waals surface area (Å²) in [6.45, 7) is 8.86. The monoisotopic (exact) mass is 287 g/mol. The van der Waals surface area contributed by atoms with Gasteiger partial charge in [0.15, 0.2) is 0 Å². The minimum atomic E-state index is -0.239. The molecule has 0 unspecified atom stereocenters. The molecule has 0 amide bonds. The van der Waals surface area contributed by atoms with Gasteiger partial charge in [0, 0.05) is 12.4 Å². The first-order chi connectivity index (χ1) is 9.91. The predicted octanol–water partition coefficient (Wildman–Crippen LogP) is 3.80. The Bertz CT molecular complexity index is 525. The number of pyridine rings is 1. The molecule has 0 N–H and O–H groups in total. The average Bonchev–Trinajstić information content (AvgIpc) is 2.48. The number of nitrogens with zero attached hydrogens (tertiary/aromatic N) is 1. The lowest BCUT2D eigenvalue weighted by atomic mass is 9.45. The van der Waals surface area contributed by atoms with E-state index in [9.17, 15) is 4.79 Å². The van der Waals surface area contributed by atoms with Gasteiger partial charge in [-0.25, -0.2) is 0 Å². The molecule has 3 nitrogen and oxygen atoms in total. The number of aromatic nitrogens is 1. The normalized spacial score (nSPS) is 34.7. The minimum absolute atomic E-state index is 0.0911. The third-order valence-electron chi connectivity index (χ3n) is 6.09. The van der Waals surface area contributed by atoms with Crippen LogP contribution in [-0.4, -0.2) is 17.1 Å². The lowest BCUT2D eigenvalue weighted by molar-refractivity contribution is -0.187. The third kappa shape index (κ3) is 2.37. The molecule has 3 aliphatic carbocycles. The number of rotatable bonds is 3. The second-order valence-corrected chi connectivity index (χ2v) is 7.44. The number of ether oxygens (including phenoxy) is 1. The van der Waals surface area contributed by atoms with Gasteiger partial charge in [-0.05, 0) is 54.6 Å². The van der Waals surface area contributed by atoms with E-state index in [1.54, 1.807) is 12.4 Å². The number of carbonyl (C=O) groups excluding carboxylic acids is 1. The van der Waals surface area contributed by atoms with Crippen molar-refractivity contribution in [3.05, 3.63) is 30.1 Å². The van der Waals surface area contributed by atoms with Crippen molar-refractivity contribution in [2.24, 2.45) is 23.2 Å². The van der Waals surface area contributed by atoms with Gasteiger partial charge >= 0.3 is 5.97 Å². The highest BCUT2D eigenvalue weighted by Gasteiger charge is 2.57. The number of fused-ring (bicyclic) bond motifs is 2. The largest absolute Gasteiger partial charge is 0.462 e. The Kier molecular flexibility index (Phi) is 3.54. The molecule has 5 atom stereocenters. The second kappa shape index (κ2) is 5.11. The lowest BCUT2D eigenvalue weighted by Crippen LogP contribution is -2.57. The summed E-state index contributed by atoms with van der Waals surface area (Å²) in [6.07, 6.45) is 5.89. The van der Waals surface area contributed by atoms with Crippen LogP contribution in [0.3, 0.4) is 0 Å². The van der Waals surface area contributed by atoms with E-state index in [-0.39, 0.29) is 18.0 Å². The first-order valence-corrected chi connectivity index (χ1v) is 8.01. The zero-order valence-electron chi connectivity index (χ0n) is 13.4. The van der Waals surface area contributed by atoms with Gasteiger partial charge in [-0.2, -0.15) is 0 Å². The molecule has 0 aromatic carbocycles. The summed E-state index contributed by atoms with van der Waals surface area (Å²) in [5.41, 5.74) is 1.36. The molecule has 0 saturated heterocycles. The zero-order chi connectivity index (χ0) is 15.2. The van der Waals surface area contributed by atoms with E-state index in [4.69, 9.17) is 4.74 Å². The zero-order valence-corrected chi connectivity index (χ0v) is 13.4. The van der Waals surface area contributed by atoms with Gasteiger partial charge in [0.05, 0.1) is 5.92 Å². The molecule has 0 radical (unpaired) electrons. The molecular weight excluding hydrogens is 262 g/mol. The van der Waals surface area contributed by atoms with Crippen molar-refractivity contribution in [2.45, 2.75) is 52.6 Å². The molecule has 4 rings (SSSR count). The summed E-state index contributed by atoms with van der Waals surface area (Å²) in [4.78, 5) is 16.5. The van der Waals surface area contributed by atoms with Gasteiger partial charge in [0.25, 0.3) is 0 Å². The highest BCUT2D eigenvalue weighted by molar-refractivity contribution is 5.77. The SMILES string of the molecule is C[C@H]1[C@@H](OC(=O)[C@@H](C)c2cccnc2)C[C@H]2C[C@@H]1C2(C)C. The molecule has 1 aromatic heterocycles. The van der Waals surface area contributed by atoms with Crippen LogP contribution in [0.2, 0.25) is 0 Å². The first kappa shape index (κ1) is 14.6. The maximum Gasteiger partial charge on any atom is 0.313 e. The lowest BCUT2D eigenvalue weighted by Gasteiger charge is -2.61. The number of carbonyl (C=O) groups is 1. The van der Waals surface area contributed by atoms with E-state index >= 15 is 0 Å². The summed E-state index contributed by atoms with van der Waals surface area (Å²) in [6, 6.07) is 3.80. The smallest absolute Gasteiger partial charge is 0.313 e. The molecule has 1 heterocycles. The van der Waals surface area contributed by atoms with Crippen molar-refractivity contribution in [1.29, 1.82) is 0 Å². The van der Waals surface area contributed by atoms with Crippen LogP contribution < -0.4 is 0 Å². The van der Waals surface area contributed by atoms with Crippen LogP contribution in [0.4, 0.5) is 0 Å². The van der Waals surface area contributed by atoms with Gasteiger partial charge in [-0.15, -0.1) is 0 Å². The molecule has 0 spiro atoms. The van der Waals surface area contributed by atoms with Crippen molar-refractivity contribution in [1.82, 2.24) is 4.98 Å². The Morgan fingerprint density at radius 1 is 1.43 bits per heavy atom. The molecule has 114 valence electrons. The van der Waals surface area contributed by atoms with Crippen molar-refractivity contribution in [3.8, 4) is 0 Å². The molecule has 1 aromatic rings. The molecule has 0 aliphatic heterocycles. The third-order valence-corrected chi connectivity index (χ3v) is 6.09. The Morgan fingerprint density at radius 3 is 2.76 bits per heavy atom. The predicted molar refractivity (Wildman–Crippen MR) is 81.7 cm³/mol. The minimum Gasteiger partial charge on any atom is -0.462 e. The topological polar surface area (TPSA) is 39.2 Å². The Balaban J connectivity index is 1.64. The standard InChI is InChI=1S/C18H25NO2/c1-11(13-6-5-7-19-10-13)17(20)21-16-9-14-8-15(12(16)2)18(14,3)4/h5-7,10-12,14-16H,8-9H2,1-4H3/t11-,12+,14+,15-,16-/m0/s1. The highest BCUT2D eigenvalue weighted by Crippen LogP contribution is 2.61. The molecule has 3 heteroatoms. The maximum atomic E-state index is 12.4. The molecule has 3 saturated carbocycles. The molecule has 3 fully saturated rings. The fraction of sp³-hybridized carbons (Fsp3) is 0.667. The number of hydrogen-bond acceptors (Lipinski definition) is 3. The van der Waals surface area contributed by atoms with Crippen molar-refractivity contribution in [3.63, 3.8) is 0 Å². The number of esters is 1. The van der Waals surface area contributed by atoms with Gasteiger partial charge in [0.1, 0.15) is 6.10 Å². The maximum absolute atomic E-state index is 12.4. The highest BCUT2D eigenvalue weighted by atomic mass is 16.5. The van der Waals surface area contributed by atoms with E-state index in [1.165, 1.54) is 6.42 Å². The van der Waals surface area contributed by atoms with E-state index in [0.717, 1.165) is 12.0 Å². The van der Waals surface area contributed by atoms with Gasteiger partial charge < -0.3 is 4.74 Å². The van der Waals surface area contributed by atoms with Crippen LogP contribution in [0.15, 0.2) is 24.5 Å². The van der Waals surface area contributed by atoms with E-state index in [0.29, 0.717) is 23.2 Å². The van der Waals surface area contributed by atoms with Crippen molar-refractivity contribution in [2.75, 3.05) is 0 Å². The van der Waals surface area contributed by atoms with Gasteiger partial charge in [-0.3, -0.25) is 9.78 Å². The van der Waals surface area contributed by atoms with E-state index < -0.39 is 0 Å². The molecule has 3 aliphatic rings. The Labute approximate surface area is 127 Å². The van der Waals surface area contributed by atoms with Crippen molar-refractivity contribution < 1.29 is 9.53 Å². The van der Waals surface area contributed by atoms with Crippen LogP contribution in [0.1, 0.15) is 52.0 Å². The van der Waals surface area contributed by atoms with E-state index in [2.05, 4.69) is 25.8 Å². The summed E-state index contributed by atoms with van der Waals surface area (Å²) in [7, 11) is 0. The van der Waals surface area contributed by atoms with Crippen LogP contribution in [-0.2, 0) is 9.53 Å². The average molecular weight is 287 g/mol. The number of hydrogen-bond donors (Lipinski definition) is 0. The fourth-order valence-electron chi connectivity index (χ4n) is 4.28. The summed E-state index contributed by atoms with van der Waals surface area (Å²) < 4.78 is 5.85. The van der Waals surface area contributed by atoms with Crippen LogP contribution in [0, 0.1) is 23.2 Å². The summed E-state index contributed by atoms with van der Waals surface area (Å²) >= 11 is 0. The Hall–Kier alpha value is -1.38. The first-order valence-electron chi connectivity index (χ1n) is 8.01. The van der Waals surface area contributed by atoms with Crippen LogP contribution in [0.5, 0.6) is 0 Å². The van der Waals surface area contributed by atoms with Crippen molar-refractivity contribution >= 4 is 5.97 Å². The van der Waals surface area contributed by atoms with E-state index in [1.807, 2.05) is 19.1 Å².